The number of nitrogens with zero attached hydrogens (tertiary/aromatic N) is 3. The number of nitrogens with two attached hydrogens (primary N) is 1. The average Bonchev–Trinajstić information content (AvgIpc) is 3.04. The second-order valence-electron chi connectivity index (χ2n) is 5.79. The Kier molecular flexibility index (Phi) is 2.03. The van der Waals surface area contributed by atoms with Crippen molar-refractivity contribution < 1.29 is 9.47 Å². The van der Waals surface area contributed by atoms with E-state index < -0.39 is 16.7 Å². The molecule has 1 spiro atoms. The molecule has 6 nitrogen and oxygen atoms in total. The van der Waals surface area contributed by atoms with Crippen molar-refractivity contribution in [1.29, 1.82) is 10.5 Å². The first kappa shape index (κ1) is 11.9. The second kappa shape index (κ2) is 3.41. The number of nitriles is 2. The molecule has 2 N–H and O–H groups in total. The molecule has 6 heteroatoms. The Bertz CT molecular complexity index is 622. The molecule has 0 amide bonds. The van der Waals surface area contributed by atoms with Gasteiger partial charge in [-0.05, 0) is 12.8 Å². The van der Waals surface area contributed by atoms with Crippen molar-refractivity contribution in [3.63, 3.8) is 0 Å². The molecule has 102 valence electrons. The van der Waals surface area contributed by atoms with Gasteiger partial charge in [0, 0.05) is 11.8 Å². The van der Waals surface area contributed by atoms with Gasteiger partial charge in [-0.25, -0.2) is 4.99 Å². The van der Waals surface area contributed by atoms with Gasteiger partial charge in [0.2, 0.25) is 0 Å². The Morgan fingerprint density at radius 2 is 1.80 bits per heavy atom. The molecule has 2 fully saturated rings. The van der Waals surface area contributed by atoms with Gasteiger partial charge in [-0.3, -0.25) is 0 Å². The number of allylic oxidation sites excluding steroid dienone is 2. The number of fused-ring (bicyclic) bond motifs is 1. The molecule has 0 aromatic heterocycles. The lowest BCUT2D eigenvalue weighted by atomic mass is 9.45. The lowest BCUT2D eigenvalue weighted by Crippen LogP contribution is -2.64. The minimum Gasteiger partial charge on any atom is -0.386 e. The van der Waals surface area contributed by atoms with Crippen molar-refractivity contribution >= 4 is 5.84 Å². The predicted octanol–water partition coefficient (Wildman–Crippen LogP) is 0.674. The van der Waals surface area contributed by atoms with Gasteiger partial charge in [0.1, 0.15) is 11.3 Å². The Balaban J connectivity index is 2.05. The largest absolute Gasteiger partial charge is 0.386 e. The van der Waals surface area contributed by atoms with Gasteiger partial charge in [0.15, 0.2) is 5.41 Å². The van der Waals surface area contributed by atoms with E-state index in [2.05, 4.69) is 17.1 Å². The fourth-order valence-electron chi connectivity index (χ4n) is 4.50. The molecule has 5 aliphatic rings. The molecule has 20 heavy (non-hydrogen) atoms. The van der Waals surface area contributed by atoms with Crippen LogP contribution < -0.4 is 5.73 Å². The lowest BCUT2D eigenvalue weighted by Gasteiger charge is -2.54. The number of ether oxygens (including phenoxy) is 2. The van der Waals surface area contributed by atoms with Crippen LogP contribution in [0.5, 0.6) is 0 Å². The van der Waals surface area contributed by atoms with Crippen molar-refractivity contribution in [1.82, 2.24) is 0 Å². The van der Waals surface area contributed by atoms with Crippen molar-refractivity contribution in [3.8, 4) is 12.1 Å². The van der Waals surface area contributed by atoms with Crippen molar-refractivity contribution in [2.45, 2.75) is 18.8 Å². The summed E-state index contributed by atoms with van der Waals surface area (Å²) < 4.78 is 11.4. The Hall–Kier alpha value is -1.89. The summed E-state index contributed by atoms with van der Waals surface area (Å²) in [7, 11) is 0. The van der Waals surface area contributed by atoms with E-state index in [1.165, 1.54) is 0 Å². The number of rotatable bonds is 0. The Morgan fingerprint density at radius 3 is 2.35 bits per heavy atom. The molecule has 0 aromatic carbocycles. The van der Waals surface area contributed by atoms with Crippen LogP contribution in [0.15, 0.2) is 17.1 Å². The quantitative estimate of drug-likeness (QED) is 0.651. The minimum absolute atomic E-state index is 0.104. The van der Waals surface area contributed by atoms with Crippen LogP contribution in [0.25, 0.3) is 0 Å². The van der Waals surface area contributed by atoms with Crippen molar-refractivity contribution in [2.24, 2.45) is 33.4 Å². The summed E-state index contributed by atoms with van der Waals surface area (Å²) >= 11 is 0. The highest BCUT2D eigenvalue weighted by molar-refractivity contribution is 5.95. The first-order valence-electron chi connectivity index (χ1n) is 6.81. The molecular formula is C14H14N4O2. The highest BCUT2D eigenvalue weighted by Gasteiger charge is 2.80. The van der Waals surface area contributed by atoms with Gasteiger partial charge >= 0.3 is 0 Å². The summed E-state index contributed by atoms with van der Waals surface area (Å²) in [4.78, 5) is 4.36. The molecule has 0 aromatic rings. The molecule has 2 bridgehead atoms. The zero-order valence-electron chi connectivity index (χ0n) is 10.9. The van der Waals surface area contributed by atoms with Gasteiger partial charge in [-0.2, -0.15) is 10.5 Å². The fraction of sp³-hybridized carbons (Fsp3) is 0.643. The van der Waals surface area contributed by atoms with Gasteiger partial charge < -0.3 is 15.2 Å². The van der Waals surface area contributed by atoms with Crippen LogP contribution in [-0.4, -0.2) is 25.0 Å². The predicted molar refractivity (Wildman–Crippen MR) is 67.7 cm³/mol. The molecule has 1 saturated carbocycles. The van der Waals surface area contributed by atoms with Crippen LogP contribution in [0.1, 0.15) is 12.8 Å². The van der Waals surface area contributed by atoms with Gasteiger partial charge in [0.25, 0.3) is 5.91 Å². The molecule has 1 saturated heterocycles. The van der Waals surface area contributed by atoms with E-state index in [0.29, 0.717) is 13.2 Å². The third-order valence-electron chi connectivity index (χ3n) is 5.30. The van der Waals surface area contributed by atoms with Crippen LogP contribution >= 0.6 is 0 Å². The van der Waals surface area contributed by atoms with Crippen LogP contribution in [-0.2, 0) is 9.47 Å². The number of hydrogen-bond donors (Lipinski definition) is 1. The summed E-state index contributed by atoms with van der Waals surface area (Å²) in [5.41, 5.74) is 3.81. The molecule has 3 aliphatic carbocycles. The number of amidine groups is 1. The highest BCUT2D eigenvalue weighted by atomic mass is 16.8. The molecule has 2 heterocycles. The van der Waals surface area contributed by atoms with E-state index in [1.807, 2.05) is 12.2 Å². The minimum atomic E-state index is -1.41. The van der Waals surface area contributed by atoms with Crippen LogP contribution in [0.3, 0.4) is 0 Å². The molecular weight excluding hydrogens is 256 g/mol. The van der Waals surface area contributed by atoms with Crippen LogP contribution in [0.4, 0.5) is 0 Å². The van der Waals surface area contributed by atoms with E-state index in [9.17, 15) is 10.5 Å². The van der Waals surface area contributed by atoms with E-state index >= 15 is 0 Å². The van der Waals surface area contributed by atoms with Crippen molar-refractivity contribution in [2.75, 3.05) is 13.2 Å². The second-order valence-corrected chi connectivity index (χ2v) is 5.79. The monoisotopic (exact) mass is 270 g/mol. The Morgan fingerprint density at radius 1 is 1.15 bits per heavy atom. The summed E-state index contributed by atoms with van der Waals surface area (Å²) in [5.74, 6) is -1.45. The molecule has 4 atom stereocenters. The average molecular weight is 270 g/mol. The molecule has 5 rings (SSSR count). The van der Waals surface area contributed by atoms with E-state index in [0.717, 1.165) is 12.8 Å². The third kappa shape index (κ3) is 0.895. The smallest absolute Gasteiger partial charge is 0.293 e. The zero-order chi connectivity index (χ0) is 14.0. The summed E-state index contributed by atoms with van der Waals surface area (Å²) in [6.45, 7) is 0.728. The van der Waals surface area contributed by atoms with Gasteiger partial charge in [-0.1, -0.05) is 12.2 Å². The van der Waals surface area contributed by atoms with Gasteiger partial charge in [0.05, 0.1) is 25.4 Å². The standard InChI is InChI=1S/C14H14N4O2/c15-7-12-9-1-3-10(4-2-9)13(12,8-16)14(18-11(12)17)19-5-6-20-14/h1,3,9-10H,2,4-6H2,(H2,17,18)/t9-,10+,12+,13-/m1/s1. The van der Waals surface area contributed by atoms with E-state index in [4.69, 9.17) is 15.2 Å². The third-order valence-corrected chi connectivity index (χ3v) is 5.30. The maximum Gasteiger partial charge on any atom is 0.293 e. The Labute approximate surface area is 116 Å². The number of hydrogen-bond acceptors (Lipinski definition) is 6. The topological polar surface area (TPSA) is 104 Å². The lowest BCUT2D eigenvalue weighted by molar-refractivity contribution is -0.244. The number of aliphatic imine (C=N–C) groups is 1. The SMILES string of the molecule is N#C[C@@]12[C@H]3C=C[C@H](CC3)[C@@]1(C#N)C(N)=NC21OCCO1. The van der Waals surface area contributed by atoms with Crippen LogP contribution in [0, 0.1) is 45.3 Å². The van der Waals surface area contributed by atoms with E-state index in [-0.39, 0.29) is 17.7 Å². The normalized spacial score (nSPS) is 46.8. The first-order valence-corrected chi connectivity index (χ1v) is 6.81. The van der Waals surface area contributed by atoms with Crippen LogP contribution in [0.2, 0.25) is 0 Å². The zero-order valence-corrected chi connectivity index (χ0v) is 10.9. The van der Waals surface area contributed by atoms with Gasteiger partial charge in [-0.15, -0.1) is 0 Å². The van der Waals surface area contributed by atoms with Crippen molar-refractivity contribution in [3.05, 3.63) is 12.2 Å². The maximum absolute atomic E-state index is 9.99. The fourth-order valence-corrected chi connectivity index (χ4v) is 4.50. The highest BCUT2D eigenvalue weighted by Crippen LogP contribution is 2.69. The molecule has 0 radical (unpaired) electrons. The summed E-state index contributed by atoms with van der Waals surface area (Å²) in [5, 5.41) is 19.9. The summed E-state index contributed by atoms with van der Waals surface area (Å²) in [6.07, 6.45) is 5.68. The maximum atomic E-state index is 9.99. The molecule has 0 unspecified atom stereocenters. The molecule has 2 aliphatic heterocycles. The van der Waals surface area contributed by atoms with E-state index in [1.54, 1.807) is 0 Å². The summed E-state index contributed by atoms with van der Waals surface area (Å²) in [6, 6.07) is 4.66. The first-order chi connectivity index (χ1) is 9.67.